The van der Waals surface area contributed by atoms with Crippen molar-refractivity contribution in [2.75, 3.05) is 36.3 Å². The number of rotatable bonds is 7. The minimum Gasteiger partial charge on any atom is -0.506 e. The van der Waals surface area contributed by atoms with Crippen LogP contribution in [0.5, 0.6) is 5.75 Å². The number of nitrogens with one attached hydrogen (secondary N) is 2. The SMILES string of the molecule is O=C(Nc1cc(S(=O)(=O)Nc2ccc(Cl)cc2)ccc1O)c1cc(S(=O)(=O)N2CCOCC2)ccc1Cl. The highest BCUT2D eigenvalue weighted by atomic mass is 35.5. The third kappa shape index (κ3) is 6.17. The summed E-state index contributed by atoms with van der Waals surface area (Å²) in [6, 6.07) is 13.0. The van der Waals surface area contributed by atoms with Crippen molar-refractivity contribution in [2.45, 2.75) is 9.79 Å². The summed E-state index contributed by atoms with van der Waals surface area (Å²) >= 11 is 12.0. The van der Waals surface area contributed by atoms with Gasteiger partial charge >= 0.3 is 0 Å². The molecule has 1 fully saturated rings. The number of phenolic OH excluding ortho intramolecular Hbond substituents is 1. The fourth-order valence-corrected chi connectivity index (χ4v) is 6.33. The first kappa shape index (κ1) is 27.2. The van der Waals surface area contributed by atoms with Gasteiger partial charge in [0.1, 0.15) is 5.75 Å². The summed E-state index contributed by atoms with van der Waals surface area (Å²) in [5.41, 5.74) is -0.141. The van der Waals surface area contributed by atoms with Crippen molar-refractivity contribution in [1.82, 2.24) is 4.31 Å². The lowest BCUT2D eigenvalue weighted by Gasteiger charge is -2.26. The van der Waals surface area contributed by atoms with Crippen molar-refractivity contribution in [1.29, 1.82) is 0 Å². The van der Waals surface area contributed by atoms with Crippen molar-refractivity contribution in [2.24, 2.45) is 0 Å². The molecule has 0 radical (unpaired) electrons. The number of carbonyl (C=O) groups excluding carboxylic acids is 1. The lowest BCUT2D eigenvalue weighted by molar-refractivity contribution is 0.0730. The van der Waals surface area contributed by atoms with Crippen LogP contribution in [-0.2, 0) is 24.8 Å². The molecule has 1 amide bonds. The summed E-state index contributed by atoms with van der Waals surface area (Å²) < 4.78 is 60.4. The Morgan fingerprint density at radius 2 is 1.54 bits per heavy atom. The van der Waals surface area contributed by atoms with Gasteiger partial charge in [-0.05, 0) is 60.7 Å². The number of halogens is 2. The quantitative estimate of drug-likeness (QED) is 0.358. The summed E-state index contributed by atoms with van der Waals surface area (Å²) in [6.07, 6.45) is 0. The predicted molar refractivity (Wildman–Crippen MR) is 139 cm³/mol. The van der Waals surface area contributed by atoms with Crippen molar-refractivity contribution in [3.63, 3.8) is 0 Å². The maximum absolute atomic E-state index is 13.0. The summed E-state index contributed by atoms with van der Waals surface area (Å²) in [4.78, 5) is 12.6. The number of carbonyl (C=O) groups is 1. The predicted octanol–water partition coefficient (Wildman–Crippen LogP) is 3.77. The zero-order valence-corrected chi connectivity index (χ0v) is 22.2. The minimum absolute atomic E-state index is 0.0360. The van der Waals surface area contributed by atoms with Crippen LogP contribution in [0.25, 0.3) is 0 Å². The van der Waals surface area contributed by atoms with E-state index in [-0.39, 0.29) is 58.1 Å². The Labute approximate surface area is 223 Å². The molecule has 1 aliphatic heterocycles. The van der Waals surface area contributed by atoms with Gasteiger partial charge < -0.3 is 15.2 Å². The van der Waals surface area contributed by atoms with Crippen molar-refractivity contribution < 1.29 is 31.5 Å². The Balaban J connectivity index is 1.59. The molecule has 37 heavy (non-hydrogen) atoms. The molecule has 0 unspecified atom stereocenters. The lowest BCUT2D eigenvalue weighted by Crippen LogP contribution is -2.40. The van der Waals surface area contributed by atoms with E-state index in [2.05, 4.69) is 10.0 Å². The van der Waals surface area contributed by atoms with E-state index >= 15 is 0 Å². The Kier molecular flexibility index (Phi) is 7.97. The van der Waals surface area contributed by atoms with Crippen molar-refractivity contribution in [3.8, 4) is 5.75 Å². The molecule has 3 N–H and O–H groups in total. The number of nitrogens with zero attached hydrogens (tertiary/aromatic N) is 1. The molecule has 0 aliphatic carbocycles. The molecule has 1 saturated heterocycles. The third-order valence-electron chi connectivity index (χ3n) is 5.41. The van der Waals surface area contributed by atoms with E-state index in [1.54, 1.807) is 0 Å². The number of sulfonamides is 2. The first-order valence-electron chi connectivity index (χ1n) is 10.8. The molecular formula is C23H21Cl2N3O7S2. The van der Waals surface area contributed by atoms with Gasteiger partial charge in [-0.25, -0.2) is 16.8 Å². The Morgan fingerprint density at radius 3 is 2.22 bits per heavy atom. The van der Waals surface area contributed by atoms with Crippen LogP contribution < -0.4 is 10.0 Å². The highest BCUT2D eigenvalue weighted by Gasteiger charge is 2.28. The average Bonchev–Trinajstić information content (AvgIpc) is 2.87. The molecular weight excluding hydrogens is 565 g/mol. The summed E-state index contributed by atoms with van der Waals surface area (Å²) in [5, 5.41) is 13.0. The maximum atomic E-state index is 13.0. The molecule has 1 heterocycles. The second-order valence-electron chi connectivity index (χ2n) is 7.90. The largest absolute Gasteiger partial charge is 0.506 e. The standard InChI is InChI=1S/C23H21Cl2N3O7S2/c24-15-1-3-16(4-2-15)27-36(31,32)17-6-8-22(29)21(14-17)26-23(30)19-13-18(5-7-20(19)25)37(33,34)28-9-11-35-12-10-28/h1-8,13-14,27,29H,9-12H2,(H,26,30). The topological polar surface area (TPSA) is 142 Å². The smallest absolute Gasteiger partial charge is 0.261 e. The minimum atomic E-state index is -4.09. The maximum Gasteiger partial charge on any atom is 0.261 e. The first-order valence-corrected chi connectivity index (χ1v) is 14.5. The zero-order chi connectivity index (χ0) is 26.8. The van der Waals surface area contributed by atoms with Gasteiger partial charge in [-0.15, -0.1) is 0 Å². The molecule has 0 bridgehead atoms. The fraction of sp³-hybridized carbons (Fsp3) is 0.174. The number of hydrogen-bond donors (Lipinski definition) is 3. The number of hydrogen-bond acceptors (Lipinski definition) is 7. The van der Waals surface area contributed by atoms with Gasteiger partial charge in [-0.3, -0.25) is 9.52 Å². The number of anilines is 2. The van der Waals surface area contributed by atoms with Gasteiger partial charge in [0, 0.05) is 23.8 Å². The van der Waals surface area contributed by atoms with Crippen LogP contribution in [0.4, 0.5) is 11.4 Å². The summed E-state index contributed by atoms with van der Waals surface area (Å²) in [6.45, 7) is 0.856. The van der Waals surface area contributed by atoms with E-state index in [9.17, 15) is 26.7 Å². The van der Waals surface area contributed by atoms with E-state index in [1.165, 1.54) is 40.7 Å². The molecule has 3 aromatic carbocycles. The number of amides is 1. The Morgan fingerprint density at radius 1 is 0.892 bits per heavy atom. The molecule has 196 valence electrons. The Bertz CT molecular complexity index is 1540. The Hall–Kier alpha value is -2.87. The number of aromatic hydroxyl groups is 1. The van der Waals surface area contributed by atoms with Crippen LogP contribution in [0.3, 0.4) is 0 Å². The van der Waals surface area contributed by atoms with Crippen LogP contribution >= 0.6 is 23.2 Å². The molecule has 10 nitrogen and oxygen atoms in total. The van der Waals surface area contributed by atoms with Gasteiger partial charge in [-0.2, -0.15) is 4.31 Å². The van der Waals surface area contributed by atoms with Crippen molar-refractivity contribution in [3.05, 3.63) is 76.3 Å². The molecule has 4 rings (SSSR count). The van der Waals surface area contributed by atoms with Crippen LogP contribution in [0.1, 0.15) is 10.4 Å². The molecule has 0 spiro atoms. The number of phenols is 1. The van der Waals surface area contributed by atoms with E-state index in [1.807, 2.05) is 0 Å². The molecule has 3 aromatic rings. The molecule has 0 aromatic heterocycles. The number of ether oxygens (including phenoxy) is 1. The second kappa shape index (κ2) is 10.9. The van der Waals surface area contributed by atoms with Gasteiger partial charge in [0.05, 0.1) is 39.3 Å². The van der Waals surface area contributed by atoms with Crippen LogP contribution in [0.15, 0.2) is 70.5 Å². The van der Waals surface area contributed by atoms with E-state index in [0.717, 1.165) is 24.3 Å². The van der Waals surface area contributed by atoms with E-state index in [4.69, 9.17) is 27.9 Å². The average molecular weight is 586 g/mol. The highest BCUT2D eigenvalue weighted by Crippen LogP contribution is 2.30. The third-order valence-corrected chi connectivity index (χ3v) is 9.27. The lowest BCUT2D eigenvalue weighted by atomic mass is 10.2. The first-order chi connectivity index (χ1) is 17.5. The molecule has 0 atom stereocenters. The van der Waals surface area contributed by atoms with Gasteiger partial charge in [0.15, 0.2) is 0 Å². The number of benzene rings is 3. The van der Waals surface area contributed by atoms with E-state index in [0.29, 0.717) is 5.02 Å². The van der Waals surface area contributed by atoms with E-state index < -0.39 is 31.7 Å². The molecule has 14 heteroatoms. The molecule has 1 aliphatic rings. The monoisotopic (exact) mass is 585 g/mol. The van der Waals surface area contributed by atoms with Gasteiger partial charge in [-0.1, -0.05) is 23.2 Å². The van der Waals surface area contributed by atoms with Gasteiger partial charge in [0.2, 0.25) is 10.0 Å². The zero-order valence-electron chi connectivity index (χ0n) is 19.0. The summed E-state index contributed by atoms with van der Waals surface area (Å²) in [5.74, 6) is -1.26. The van der Waals surface area contributed by atoms with Crippen molar-refractivity contribution >= 4 is 60.5 Å². The van der Waals surface area contributed by atoms with Gasteiger partial charge in [0.25, 0.3) is 15.9 Å². The fourth-order valence-electron chi connectivity index (χ4n) is 3.48. The number of morpholine rings is 1. The van der Waals surface area contributed by atoms with Crippen LogP contribution in [0, 0.1) is 0 Å². The van der Waals surface area contributed by atoms with Crippen LogP contribution in [-0.4, -0.2) is 58.5 Å². The van der Waals surface area contributed by atoms with Crippen LogP contribution in [0.2, 0.25) is 10.0 Å². The normalized spacial score (nSPS) is 14.8. The summed E-state index contributed by atoms with van der Waals surface area (Å²) in [7, 11) is -7.99. The molecule has 0 saturated carbocycles. The second-order valence-corrected chi connectivity index (χ2v) is 12.4. The highest BCUT2D eigenvalue weighted by molar-refractivity contribution is 7.92.